The van der Waals surface area contributed by atoms with Crippen molar-refractivity contribution in [2.75, 3.05) is 14.2 Å². The fourth-order valence-electron chi connectivity index (χ4n) is 1.73. The SMILES string of the molecule is COc1ccc(-c2noc(CCC(C)=O)n2)cc1OC. The maximum absolute atomic E-state index is 10.9. The zero-order chi connectivity index (χ0) is 14.5. The number of hydrogen-bond donors (Lipinski definition) is 0. The summed E-state index contributed by atoms with van der Waals surface area (Å²) in [5.74, 6) is 2.24. The second-order valence-corrected chi connectivity index (χ2v) is 4.28. The van der Waals surface area contributed by atoms with Crippen LogP contribution in [0.25, 0.3) is 11.4 Å². The van der Waals surface area contributed by atoms with Crippen molar-refractivity contribution in [1.29, 1.82) is 0 Å². The molecule has 0 atom stereocenters. The van der Waals surface area contributed by atoms with Gasteiger partial charge in [-0.1, -0.05) is 5.16 Å². The minimum absolute atomic E-state index is 0.0934. The maximum Gasteiger partial charge on any atom is 0.227 e. The molecule has 0 saturated heterocycles. The first-order chi connectivity index (χ1) is 9.63. The van der Waals surface area contributed by atoms with Gasteiger partial charge in [0, 0.05) is 18.4 Å². The van der Waals surface area contributed by atoms with Crippen molar-refractivity contribution < 1.29 is 18.8 Å². The number of carbonyl (C=O) groups excluding carboxylic acids is 1. The normalized spacial score (nSPS) is 10.3. The highest BCUT2D eigenvalue weighted by molar-refractivity contribution is 5.75. The van der Waals surface area contributed by atoms with E-state index < -0.39 is 0 Å². The van der Waals surface area contributed by atoms with E-state index >= 15 is 0 Å². The molecular weight excluding hydrogens is 260 g/mol. The van der Waals surface area contributed by atoms with E-state index in [2.05, 4.69) is 10.1 Å². The van der Waals surface area contributed by atoms with Gasteiger partial charge in [-0.3, -0.25) is 0 Å². The Morgan fingerprint density at radius 2 is 2.00 bits per heavy atom. The lowest BCUT2D eigenvalue weighted by Crippen LogP contribution is -1.94. The average Bonchev–Trinajstić information content (AvgIpc) is 2.93. The molecular formula is C14H16N2O4. The summed E-state index contributed by atoms with van der Waals surface area (Å²) in [6, 6.07) is 5.37. The highest BCUT2D eigenvalue weighted by atomic mass is 16.5. The molecule has 1 aromatic carbocycles. The van der Waals surface area contributed by atoms with Crippen molar-refractivity contribution in [2.45, 2.75) is 19.8 Å². The van der Waals surface area contributed by atoms with Gasteiger partial charge in [-0.15, -0.1) is 0 Å². The fraction of sp³-hybridized carbons (Fsp3) is 0.357. The van der Waals surface area contributed by atoms with Gasteiger partial charge in [0.1, 0.15) is 5.78 Å². The van der Waals surface area contributed by atoms with Crippen LogP contribution in [-0.2, 0) is 11.2 Å². The highest BCUT2D eigenvalue weighted by Crippen LogP contribution is 2.31. The largest absolute Gasteiger partial charge is 0.493 e. The molecule has 0 aliphatic carbocycles. The minimum Gasteiger partial charge on any atom is -0.493 e. The summed E-state index contributed by atoms with van der Waals surface area (Å²) in [5, 5.41) is 3.90. The Morgan fingerprint density at radius 1 is 1.25 bits per heavy atom. The fourth-order valence-corrected chi connectivity index (χ4v) is 1.73. The van der Waals surface area contributed by atoms with Crippen LogP contribution in [0.15, 0.2) is 22.7 Å². The van der Waals surface area contributed by atoms with Crippen LogP contribution < -0.4 is 9.47 Å². The Bertz CT molecular complexity index is 607. The lowest BCUT2D eigenvalue weighted by molar-refractivity contribution is -0.117. The van der Waals surface area contributed by atoms with Crippen LogP contribution in [0.5, 0.6) is 11.5 Å². The lowest BCUT2D eigenvalue weighted by atomic mass is 10.2. The zero-order valence-electron chi connectivity index (χ0n) is 11.7. The molecule has 0 amide bonds. The summed E-state index contributed by atoms with van der Waals surface area (Å²) in [5.41, 5.74) is 0.764. The number of aryl methyl sites for hydroxylation is 1. The third-order valence-corrected chi connectivity index (χ3v) is 2.80. The van der Waals surface area contributed by atoms with Gasteiger partial charge < -0.3 is 18.8 Å². The number of benzene rings is 1. The van der Waals surface area contributed by atoms with E-state index in [1.807, 2.05) is 6.07 Å². The van der Waals surface area contributed by atoms with E-state index in [1.54, 1.807) is 26.4 Å². The molecule has 0 N–H and O–H groups in total. The summed E-state index contributed by atoms with van der Waals surface area (Å²) < 4.78 is 15.5. The van der Waals surface area contributed by atoms with Gasteiger partial charge in [-0.2, -0.15) is 4.98 Å². The number of methoxy groups -OCH3 is 2. The highest BCUT2D eigenvalue weighted by Gasteiger charge is 2.12. The number of hydrogen-bond acceptors (Lipinski definition) is 6. The minimum atomic E-state index is 0.0934. The maximum atomic E-state index is 10.9. The molecule has 1 heterocycles. The number of rotatable bonds is 6. The summed E-state index contributed by atoms with van der Waals surface area (Å²) >= 11 is 0. The average molecular weight is 276 g/mol. The van der Waals surface area contributed by atoms with E-state index in [0.29, 0.717) is 36.1 Å². The molecule has 6 nitrogen and oxygen atoms in total. The molecule has 2 rings (SSSR count). The molecule has 20 heavy (non-hydrogen) atoms. The molecule has 0 spiro atoms. The van der Waals surface area contributed by atoms with Crippen molar-refractivity contribution >= 4 is 5.78 Å². The number of aromatic nitrogens is 2. The Balaban J connectivity index is 2.21. The first-order valence-electron chi connectivity index (χ1n) is 6.18. The van der Waals surface area contributed by atoms with Crippen molar-refractivity contribution in [2.24, 2.45) is 0 Å². The smallest absolute Gasteiger partial charge is 0.227 e. The van der Waals surface area contributed by atoms with Gasteiger partial charge in [0.25, 0.3) is 0 Å². The van der Waals surface area contributed by atoms with E-state index in [4.69, 9.17) is 14.0 Å². The third-order valence-electron chi connectivity index (χ3n) is 2.80. The van der Waals surface area contributed by atoms with Gasteiger partial charge in [0.15, 0.2) is 11.5 Å². The molecule has 1 aromatic heterocycles. The van der Waals surface area contributed by atoms with Crippen molar-refractivity contribution in [3.8, 4) is 22.9 Å². The van der Waals surface area contributed by atoms with E-state index in [1.165, 1.54) is 6.92 Å². The first-order valence-corrected chi connectivity index (χ1v) is 6.18. The first kappa shape index (κ1) is 14.0. The summed E-state index contributed by atoms with van der Waals surface area (Å²) in [7, 11) is 3.14. The molecule has 0 aliphatic heterocycles. The third kappa shape index (κ3) is 3.14. The van der Waals surface area contributed by atoms with E-state index in [9.17, 15) is 4.79 Å². The number of ketones is 1. The van der Waals surface area contributed by atoms with Crippen LogP contribution in [0.2, 0.25) is 0 Å². The second kappa shape index (κ2) is 6.18. The van der Waals surface area contributed by atoms with Crippen LogP contribution in [0.4, 0.5) is 0 Å². The van der Waals surface area contributed by atoms with Gasteiger partial charge in [-0.05, 0) is 25.1 Å². The molecule has 0 unspecified atom stereocenters. The van der Waals surface area contributed by atoms with Crippen LogP contribution in [0, 0.1) is 0 Å². The molecule has 2 aromatic rings. The van der Waals surface area contributed by atoms with Crippen LogP contribution >= 0.6 is 0 Å². The van der Waals surface area contributed by atoms with Crippen LogP contribution in [0.3, 0.4) is 0 Å². The van der Waals surface area contributed by atoms with E-state index in [-0.39, 0.29) is 5.78 Å². The van der Waals surface area contributed by atoms with Crippen LogP contribution in [0.1, 0.15) is 19.2 Å². The number of ether oxygens (including phenoxy) is 2. The second-order valence-electron chi connectivity index (χ2n) is 4.28. The van der Waals surface area contributed by atoms with Crippen molar-refractivity contribution in [3.05, 3.63) is 24.1 Å². The predicted molar refractivity (Wildman–Crippen MR) is 71.8 cm³/mol. The topological polar surface area (TPSA) is 74.5 Å². The molecule has 6 heteroatoms. The molecule has 0 bridgehead atoms. The molecule has 0 radical (unpaired) electrons. The van der Waals surface area contributed by atoms with Crippen molar-refractivity contribution in [3.63, 3.8) is 0 Å². The van der Waals surface area contributed by atoms with Gasteiger partial charge in [0.05, 0.1) is 14.2 Å². The van der Waals surface area contributed by atoms with Gasteiger partial charge in [0.2, 0.25) is 11.7 Å². The van der Waals surface area contributed by atoms with Gasteiger partial charge >= 0.3 is 0 Å². The molecule has 0 fully saturated rings. The summed E-state index contributed by atoms with van der Waals surface area (Å²) in [6.07, 6.45) is 0.850. The van der Waals surface area contributed by atoms with E-state index in [0.717, 1.165) is 5.56 Å². The summed E-state index contributed by atoms with van der Waals surface area (Å²) in [4.78, 5) is 15.2. The molecule has 0 aliphatic rings. The Labute approximate surface area is 116 Å². The Morgan fingerprint density at radius 3 is 2.65 bits per heavy atom. The Kier molecular flexibility index (Phi) is 4.34. The van der Waals surface area contributed by atoms with Gasteiger partial charge in [-0.25, -0.2) is 0 Å². The Hall–Kier alpha value is -2.37. The van der Waals surface area contributed by atoms with Crippen LogP contribution in [-0.4, -0.2) is 30.1 Å². The lowest BCUT2D eigenvalue weighted by Gasteiger charge is -2.07. The quantitative estimate of drug-likeness (QED) is 0.805. The predicted octanol–water partition coefficient (Wildman–Crippen LogP) is 2.28. The summed E-state index contributed by atoms with van der Waals surface area (Å²) in [6.45, 7) is 1.53. The number of nitrogens with zero attached hydrogens (tertiary/aromatic N) is 2. The standard InChI is InChI=1S/C14H16N2O4/c1-9(17)4-7-13-15-14(16-20-13)10-5-6-11(18-2)12(8-10)19-3/h5-6,8H,4,7H2,1-3H3. The molecule has 106 valence electrons. The monoisotopic (exact) mass is 276 g/mol. The number of Topliss-reactive ketones (excluding diaryl/α,β-unsaturated/α-hetero) is 1. The number of carbonyl (C=O) groups is 1. The van der Waals surface area contributed by atoms with Crippen molar-refractivity contribution in [1.82, 2.24) is 10.1 Å². The molecule has 0 saturated carbocycles. The zero-order valence-corrected chi connectivity index (χ0v) is 11.7.